The molecule has 6 radical (unpaired) electrons. The third kappa shape index (κ3) is 86.5. The number of methoxy groups -OCH3 is 1. The molecule has 6 aromatic carbocycles. The number of aliphatic hydroxyl groups excluding tert-OH is 1. The zero-order valence-electron chi connectivity index (χ0n) is 84.4. The summed E-state index contributed by atoms with van der Waals surface area (Å²) in [5, 5.41) is 38.6. The van der Waals surface area contributed by atoms with Gasteiger partial charge in [-0.2, -0.15) is 207 Å². The van der Waals surface area contributed by atoms with Crippen LogP contribution in [0, 0.1) is 113 Å². The number of halogens is 4. The van der Waals surface area contributed by atoms with Crippen molar-refractivity contribution in [3.8, 4) is 0 Å². The van der Waals surface area contributed by atoms with Crippen LogP contribution in [0.2, 0.25) is 0 Å². The Labute approximate surface area is 1010 Å². The number of benzene rings is 6. The quantitative estimate of drug-likeness (QED) is 0.0341. The molecular formula is C105H171BrClI2KO8PY6-7. The molecule has 0 atom stereocenters. The van der Waals surface area contributed by atoms with Crippen LogP contribution in [0.3, 0.4) is 0 Å². The third-order valence-electron chi connectivity index (χ3n) is 20.3. The number of hydrogen-bond acceptors (Lipinski definition) is 7. The number of hydrogen-bond donors (Lipinski definition) is 3. The van der Waals surface area contributed by atoms with Gasteiger partial charge >= 0.3 is 57.4 Å². The Balaban J connectivity index is -0.0000000912. The number of carbonyl (C=O) groups is 3. The van der Waals surface area contributed by atoms with Crippen LogP contribution in [0.1, 0.15) is 364 Å². The molecule has 3 N–H and O–H groups in total. The van der Waals surface area contributed by atoms with E-state index in [9.17, 15) is 24.6 Å². The number of ether oxygens (including phenoxy) is 1. The summed E-state index contributed by atoms with van der Waals surface area (Å²) in [6, 6.07) is 59.1. The van der Waals surface area contributed by atoms with Gasteiger partial charge in [0.25, 0.3) is 0 Å². The summed E-state index contributed by atoms with van der Waals surface area (Å²) in [7, 11) is 4.33. The summed E-state index contributed by atoms with van der Waals surface area (Å²) in [5.74, 6) is 7.59. The van der Waals surface area contributed by atoms with Crippen molar-refractivity contribution >= 4 is 79.8 Å². The normalized spacial score (nSPS) is 19.6. The van der Waals surface area contributed by atoms with E-state index in [1.54, 1.807) is 35.0 Å². The zero-order chi connectivity index (χ0) is 90.8. The van der Waals surface area contributed by atoms with E-state index in [4.69, 9.17) is 10.2 Å². The van der Waals surface area contributed by atoms with Crippen LogP contribution in [-0.4, -0.2) is 78.9 Å². The van der Waals surface area contributed by atoms with Gasteiger partial charge in [-0.3, -0.25) is 9.59 Å². The van der Waals surface area contributed by atoms with E-state index in [0.717, 1.165) is 158 Å². The molecule has 0 aliphatic heterocycles. The van der Waals surface area contributed by atoms with Crippen molar-refractivity contribution in [1.29, 1.82) is 0 Å². The van der Waals surface area contributed by atoms with Crippen LogP contribution in [0.5, 0.6) is 0 Å². The molecule has 0 unspecified atom stereocenters. The fraction of sp³-hybridized carbons (Fsp3) is 0.629. The summed E-state index contributed by atoms with van der Waals surface area (Å²) in [6.07, 6.45) is 27.5. The summed E-state index contributed by atoms with van der Waals surface area (Å²) >= 11 is 7.18. The smallest absolute Gasteiger partial charge is 1.00 e. The van der Waals surface area contributed by atoms with E-state index in [0.29, 0.717) is 42.0 Å². The number of rotatable bonds is 8. The second-order valence-corrected chi connectivity index (χ2v) is 32.0. The summed E-state index contributed by atoms with van der Waals surface area (Å²) in [6.45, 7) is 52.7. The Bertz CT molecular complexity index is 3120. The second-order valence-electron chi connectivity index (χ2n) is 31.0. The van der Waals surface area contributed by atoms with Gasteiger partial charge in [0.05, 0.1) is 5.92 Å². The number of carbonyl (C=O) groups excluding carboxylic acids is 2. The number of ketones is 1. The molecule has 0 bridgehead atoms. The molecule has 6 aliphatic rings. The number of alkyl halides is 1. The number of aldehydes is 1. The minimum absolute atomic E-state index is 0. The predicted molar refractivity (Wildman–Crippen MR) is 533 cm³/mol. The minimum atomic E-state index is -0.750. The average molecular weight is 2530 g/mol. The largest absolute Gasteiger partial charge is 1.00 e. The molecule has 6 fully saturated rings. The maximum absolute atomic E-state index is 10.8. The second kappa shape index (κ2) is 109. The Morgan fingerprint density at radius 2 is 0.744 bits per heavy atom. The van der Waals surface area contributed by atoms with Crippen molar-refractivity contribution < 1.29 is 300 Å². The first kappa shape index (κ1) is 161. The van der Waals surface area contributed by atoms with Crippen LogP contribution in [-0.2, 0) is 221 Å². The molecule has 0 amide bonds. The Morgan fingerprint density at radius 3 is 0.976 bits per heavy atom. The first-order valence-corrected chi connectivity index (χ1v) is 54.6. The number of carboxylic acid groups (broad SMARTS) is 1. The molecule has 6 saturated carbocycles. The van der Waals surface area contributed by atoms with E-state index in [2.05, 4.69) is 222 Å². The molecule has 6 aromatic rings. The monoisotopic (exact) mass is 2530 g/mol. The van der Waals surface area contributed by atoms with Gasteiger partial charge in [-0.05, 0) is 120 Å². The van der Waals surface area contributed by atoms with Gasteiger partial charge in [0.2, 0.25) is 0 Å². The van der Waals surface area contributed by atoms with Gasteiger partial charge in [0.15, 0.2) is 0 Å². The minimum Gasteiger partial charge on any atom is -1.00 e. The van der Waals surface area contributed by atoms with Crippen molar-refractivity contribution in [3.63, 3.8) is 0 Å². The van der Waals surface area contributed by atoms with Crippen molar-refractivity contribution in [3.05, 3.63) is 213 Å². The average Bonchev–Trinajstić information content (AvgIpc) is 0.810. The number of aryl methyl sites for hydroxylation is 6. The van der Waals surface area contributed by atoms with Gasteiger partial charge in [-0.15, -0.1) is 19.7 Å². The van der Waals surface area contributed by atoms with E-state index < -0.39 is 17.2 Å². The molecule has 20 heteroatoms. The first-order chi connectivity index (χ1) is 56.1. The summed E-state index contributed by atoms with van der Waals surface area (Å²) in [5.41, 5.74) is 12.5. The molecule has 12 rings (SSSR count). The van der Waals surface area contributed by atoms with E-state index in [1.807, 2.05) is 152 Å². The van der Waals surface area contributed by atoms with Crippen LogP contribution in [0.15, 0.2) is 115 Å². The number of Topliss-reactive ketones (excluding diaryl/α,β-unsaturated/α-hetero) is 1. The molecule has 0 aromatic heterocycles. The molecule has 698 valence electrons. The van der Waals surface area contributed by atoms with Gasteiger partial charge in [-0.25, -0.2) is 0 Å². The van der Waals surface area contributed by atoms with Crippen LogP contribution < -0.4 is 68.9 Å². The fourth-order valence-electron chi connectivity index (χ4n) is 13.5. The van der Waals surface area contributed by atoms with Crippen molar-refractivity contribution in [1.82, 2.24) is 0 Å². The van der Waals surface area contributed by atoms with Crippen molar-refractivity contribution in [2.24, 2.45) is 35.5 Å². The first-order valence-electron chi connectivity index (χ1n) is 44.7. The maximum atomic E-state index is 10.8. The zero-order valence-corrected chi connectivity index (χ0v) is 112. The number of aliphatic hydroxyl groups is 2. The number of aliphatic carboxylic acids is 1. The number of carboxylic acids is 1. The Hall–Kier alpha value is 4.89. The molecular weight excluding hydrogens is 2360 g/mol. The standard InChI is InChI=1S/C14H17O2.C14H19O.C14H17O.C14H19O.C14H19.C7H12O.C7H7.C4H9O.C2H6O.C2H7P.6C2H6.CH3Br.ClH.I2.K.6Y/c1-10-2-4-11(5-3-10)12-6-8-13(9-7-12)14(15)16;2*1-11-2-6-13(7-3-11)14-8-4-12(10-15)5-9-14;1-11-3-5-13(6-4-11)14(15)9-7-12(2)8-10-14;1-11-3-7-13(8-4-11)14-9-5-12(2)6-10-14;1-6-2-4-7(8)5-3-6;1-7-5-3-2-4-6-7;1-4(2,3)5;2*1-3-2;7*1-2;;1-2;;;;;;;/h2,4-5,12-13H,6-9H2,1H3,(H,15,16);2,6-7,12,14-15H,4-5,8-10H2,1H3;2,6-7,10,12,14H,4-5,8-9H2,1H3;3,5-6,12,15H,7-10H2,1-2H3;3,7-8,12,14H,5-6,9-10H2,1-2H3;6H,2-5H2,1H3;2-5H,1H3;1-3H3;1-2H3;3H,1-2H3;6*1-2H3;1H3;1H;;;;;;;;/q5*-1;;2*-1;;;;;;;;;;;;+1;;;;;;/p-1. The third-order valence-corrected chi connectivity index (χ3v) is 20.3. The topological polar surface area (TPSA) is 144 Å². The molecule has 0 spiro atoms. The Morgan fingerprint density at radius 1 is 0.480 bits per heavy atom. The van der Waals surface area contributed by atoms with Gasteiger partial charge in [-0.1, -0.05) is 270 Å². The van der Waals surface area contributed by atoms with E-state index in [-0.39, 0.29) is 266 Å². The molecule has 125 heavy (non-hydrogen) atoms. The van der Waals surface area contributed by atoms with Gasteiger partial charge < -0.3 is 42.4 Å². The van der Waals surface area contributed by atoms with Crippen LogP contribution in [0.4, 0.5) is 0 Å². The van der Waals surface area contributed by atoms with Crippen molar-refractivity contribution in [2.45, 2.75) is 355 Å². The molecule has 6 aliphatic carbocycles. The Kier molecular flexibility index (Phi) is 140. The summed E-state index contributed by atoms with van der Waals surface area (Å²) in [4.78, 5) is 32.1. The van der Waals surface area contributed by atoms with Gasteiger partial charge in [0.1, 0.15) is 12.1 Å². The van der Waals surface area contributed by atoms with E-state index >= 15 is 0 Å². The van der Waals surface area contributed by atoms with Crippen LogP contribution in [0.25, 0.3) is 0 Å². The molecule has 0 heterocycles. The van der Waals surface area contributed by atoms with E-state index in [1.165, 1.54) is 95.9 Å². The van der Waals surface area contributed by atoms with Crippen LogP contribution >= 0.6 is 61.7 Å². The predicted octanol–water partition coefficient (Wildman–Crippen LogP) is 24.6. The summed E-state index contributed by atoms with van der Waals surface area (Å²) < 4.78 is 4.25. The van der Waals surface area contributed by atoms with Crippen molar-refractivity contribution in [2.75, 3.05) is 40.0 Å². The van der Waals surface area contributed by atoms with Gasteiger partial charge in [0, 0.05) is 279 Å². The SMILES string of the molecule is CBr.CC.CC.CC.CC.CC.CC.CC(C)(C)[O-].CC1CCC(=O)CC1.COC.CPC.Cc1[c-]cc(C2(O)CCC(C)CC2)cc1.Cc1[c-]cc(C2CCC(C(=O)O)CC2)cc1.Cc1[c-]cc(C2CCC(C)CC2)cc1.Cc1[c-]cc(C2CCC(C=O)CC2)cc1.Cc1[c-]cc(C2CCC(CO)CC2)cc1.Cc1[c-]cccc1.II.[Cl-].[K+].[Y].[Y].[Y].[Y].[Y].[Y]. The molecule has 0 saturated heterocycles. The molecule has 8 nitrogen and oxygen atoms in total. The fourth-order valence-corrected chi connectivity index (χ4v) is 13.5. The maximum Gasteiger partial charge on any atom is 1.00 e.